The molecule has 1 aliphatic rings. The lowest BCUT2D eigenvalue weighted by Gasteiger charge is -2.20. The summed E-state index contributed by atoms with van der Waals surface area (Å²) in [4.78, 5) is 0.175. The number of sulfone groups is 1. The number of allylic oxidation sites excluding steroid dienone is 2. The summed E-state index contributed by atoms with van der Waals surface area (Å²) in [6, 6.07) is 10.0. The van der Waals surface area contributed by atoms with E-state index in [1.54, 1.807) is 18.2 Å². The first-order chi connectivity index (χ1) is 8.43. The van der Waals surface area contributed by atoms with Gasteiger partial charge < -0.3 is 0 Å². The number of hydrogen-bond donors (Lipinski definition) is 0. The molecule has 0 aromatic heterocycles. The van der Waals surface area contributed by atoms with E-state index in [2.05, 4.69) is 13.2 Å². The molecule has 1 saturated carbocycles. The van der Waals surface area contributed by atoms with Crippen molar-refractivity contribution < 1.29 is 8.42 Å². The van der Waals surface area contributed by atoms with Gasteiger partial charge in [0.2, 0.25) is 0 Å². The maximum absolute atomic E-state index is 12.6. The summed E-state index contributed by atoms with van der Waals surface area (Å²) in [7, 11) is -3.70. The van der Waals surface area contributed by atoms with Crippen molar-refractivity contribution in [1.29, 1.82) is 5.26 Å². The zero-order chi connectivity index (χ0) is 13.4. The molecule has 0 unspecified atom stereocenters. The molecule has 4 heteroatoms. The van der Waals surface area contributed by atoms with Crippen LogP contribution in [0.25, 0.3) is 0 Å². The summed E-state index contributed by atoms with van der Waals surface area (Å²) in [6.45, 7) is 7.54. The Bertz CT molecular complexity index is 635. The molecule has 0 bridgehead atoms. The molecule has 0 saturated heterocycles. The highest BCUT2D eigenvalue weighted by Gasteiger charge is 2.50. The van der Waals surface area contributed by atoms with Gasteiger partial charge in [0.05, 0.1) is 11.0 Å². The lowest BCUT2D eigenvalue weighted by atomic mass is 10.1. The van der Waals surface area contributed by atoms with Crippen LogP contribution in [0.5, 0.6) is 0 Å². The van der Waals surface area contributed by atoms with E-state index in [4.69, 9.17) is 0 Å². The molecule has 92 valence electrons. The van der Waals surface area contributed by atoms with Crippen LogP contribution in [0.4, 0.5) is 0 Å². The third-order valence-corrected chi connectivity index (χ3v) is 5.57. The van der Waals surface area contributed by atoms with Crippen LogP contribution in [0, 0.1) is 11.3 Å². The minimum atomic E-state index is -3.70. The molecule has 0 amide bonds. The largest absolute Gasteiger partial charge is 0.222 e. The van der Waals surface area contributed by atoms with Crippen molar-refractivity contribution in [3.05, 3.63) is 54.6 Å². The second-order valence-corrected chi connectivity index (χ2v) is 6.74. The predicted molar refractivity (Wildman–Crippen MR) is 69.5 cm³/mol. The van der Waals surface area contributed by atoms with Crippen LogP contribution in [-0.4, -0.2) is 13.2 Å². The fourth-order valence-electron chi connectivity index (χ4n) is 2.16. The maximum Gasteiger partial charge on any atom is 0.198 e. The third kappa shape index (κ3) is 1.68. The lowest BCUT2D eigenvalue weighted by molar-refractivity contribution is 0.562. The first-order valence-electron chi connectivity index (χ1n) is 5.50. The Morgan fingerprint density at radius 3 is 2.06 bits per heavy atom. The molecule has 1 fully saturated rings. The first-order valence-corrected chi connectivity index (χ1v) is 6.98. The van der Waals surface area contributed by atoms with Crippen molar-refractivity contribution in [3.63, 3.8) is 0 Å². The number of rotatable bonds is 2. The fraction of sp³-hybridized carbons (Fsp3) is 0.214. The van der Waals surface area contributed by atoms with E-state index in [0.29, 0.717) is 11.1 Å². The number of nitrogens with zero attached hydrogens (tertiary/aromatic N) is 1. The van der Waals surface area contributed by atoms with E-state index < -0.39 is 14.6 Å². The van der Waals surface area contributed by atoms with Gasteiger partial charge in [0, 0.05) is 12.8 Å². The monoisotopic (exact) mass is 259 g/mol. The minimum absolute atomic E-state index is 0.138. The fourth-order valence-corrected chi connectivity index (χ4v) is 3.97. The van der Waals surface area contributed by atoms with Crippen molar-refractivity contribution in [2.45, 2.75) is 22.5 Å². The van der Waals surface area contributed by atoms with Gasteiger partial charge in [-0.1, -0.05) is 31.4 Å². The molecule has 3 nitrogen and oxygen atoms in total. The van der Waals surface area contributed by atoms with Gasteiger partial charge in [-0.15, -0.1) is 0 Å². The van der Waals surface area contributed by atoms with Gasteiger partial charge in [-0.25, -0.2) is 8.42 Å². The van der Waals surface area contributed by atoms with Crippen LogP contribution < -0.4 is 0 Å². The van der Waals surface area contributed by atoms with E-state index in [1.165, 1.54) is 12.1 Å². The molecule has 1 aromatic carbocycles. The van der Waals surface area contributed by atoms with E-state index in [9.17, 15) is 13.7 Å². The molecular formula is C14H13NO2S. The highest BCUT2D eigenvalue weighted by Crippen LogP contribution is 2.44. The molecule has 0 heterocycles. The second-order valence-electron chi connectivity index (χ2n) is 4.48. The molecule has 0 radical (unpaired) electrons. The lowest BCUT2D eigenvalue weighted by Crippen LogP contribution is -2.34. The summed E-state index contributed by atoms with van der Waals surface area (Å²) in [5, 5.41) is 9.34. The summed E-state index contributed by atoms with van der Waals surface area (Å²) in [6.07, 6.45) is 0.277. The van der Waals surface area contributed by atoms with Crippen LogP contribution in [0.2, 0.25) is 0 Å². The minimum Gasteiger partial charge on any atom is -0.222 e. The number of nitriles is 1. The second kappa shape index (κ2) is 4.11. The molecule has 2 rings (SSSR count). The van der Waals surface area contributed by atoms with Crippen LogP contribution in [0.15, 0.2) is 59.5 Å². The summed E-state index contributed by atoms with van der Waals surface area (Å²) in [5.41, 5.74) is 1.30. The number of benzene rings is 1. The van der Waals surface area contributed by atoms with Crippen molar-refractivity contribution in [3.8, 4) is 6.07 Å². The van der Waals surface area contributed by atoms with Gasteiger partial charge in [0.15, 0.2) is 14.6 Å². The Balaban J connectivity index is 2.57. The van der Waals surface area contributed by atoms with Gasteiger partial charge >= 0.3 is 0 Å². The molecule has 0 spiro atoms. The first kappa shape index (κ1) is 12.6. The van der Waals surface area contributed by atoms with Gasteiger partial charge in [-0.2, -0.15) is 5.26 Å². The van der Waals surface area contributed by atoms with Crippen molar-refractivity contribution in [1.82, 2.24) is 0 Å². The summed E-state index contributed by atoms with van der Waals surface area (Å²) >= 11 is 0. The summed E-state index contributed by atoms with van der Waals surface area (Å²) < 4.78 is 23.7. The standard InChI is InChI=1S/C14H13NO2S/c1-11-8-14(10-15,9-12(11)2)18(16,17)13-6-4-3-5-7-13/h3-7H,1-2,8-9H2. The van der Waals surface area contributed by atoms with Gasteiger partial charge in [-0.3, -0.25) is 0 Å². The SMILES string of the molecule is C=C1CC(C#N)(S(=O)(=O)c2ccccc2)CC1=C. The van der Waals surface area contributed by atoms with E-state index in [0.717, 1.165) is 0 Å². The third-order valence-electron chi connectivity index (χ3n) is 3.27. The molecule has 0 atom stereocenters. The topological polar surface area (TPSA) is 57.9 Å². The van der Waals surface area contributed by atoms with Crippen molar-refractivity contribution >= 4 is 9.84 Å². The van der Waals surface area contributed by atoms with Gasteiger partial charge in [-0.05, 0) is 23.3 Å². The van der Waals surface area contributed by atoms with Crippen LogP contribution in [0.1, 0.15) is 12.8 Å². The average Bonchev–Trinajstić information content (AvgIpc) is 2.68. The zero-order valence-corrected chi connectivity index (χ0v) is 10.7. The highest BCUT2D eigenvalue weighted by molar-refractivity contribution is 7.93. The Labute approximate surface area is 107 Å². The highest BCUT2D eigenvalue weighted by atomic mass is 32.2. The Kier molecular flexibility index (Phi) is 2.88. The van der Waals surface area contributed by atoms with E-state index >= 15 is 0 Å². The van der Waals surface area contributed by atoms with Crippen LogP contribution in [-0.2, 0) is 9.84 Å². The zero-order valence-electron chi connectivity index (χ0n) is 9.89. The van der Waals surface area contributed by atoms with Crippen LogP contribution in [0.3, 0.4) is 0 Å². The normalized spacial score (nSPS) is 18.6. The molecule has 0 N–H and O–H groups in total. The molecule has 1 aromatic rings. The smallest absolute Gasteiger partial charge is 0.198 e. The average molecular weight is 259 g/mol. The predicted octanol–water partition coefficient (Wildman–Crippen LogP) is 2.63. The van der Waals surface area contributed by atoms with Gasteiger partial charge in [0.25, 0.3) is 0 Å². The Hall–Kier alpha value is -1.86. The Morgan fingerprint density at radius 1 is 1.11 bits per heavy atom. The Morgan fingerprint density at radius 2 is 1.61 bits per heavy atom. The van der Waals surface area contributed by atoms with Crippen LogP contribution >= 0.6 is 0 Å². The molecular weight excluding hydrogens is 246 g/mol. The van der Waals surface area contributed by atoms with Gasteiger partial charge in [0.1, 0.15) is 0 Å². The quantitative estimate of drug-likeness (QED) is 0.820. The van der Waals surface area contributed by atoms with Crippen molar-refractivity contribution in [2.24, 2.45) is 0 Å². The molecule has 0 aliphatic heterocycles. The summed E-state index contributed by atoms with van der Waals surface area (Å²) in [5.74, 6) is 0. The maximum atomic E-state index is 12.6. The van der Waals surface area contributed by atoms with Crippen molar-refractivity contribution in [2.75, 3.05) is 0 Å². The number of hydrogen-bond acceptors (Lipinski definition) is 3. The molecule has 18 heavy (non-hydrogen) atoms. The van der Waals surface area contributed by atoms with E-state index in [1.807, 2.05) is 6.07 Å². The molecule has 1 aliphatic carbocycles. The van der Waals surface area contributed by atoms with E-state index in [-0.39, 0.29) is 17.7 Å².